The van der Waals surface area contributed by atoms with Gasteiger partial charge in [0.1, 0.15) is 0 Å². The molecule has 0 unspecified atom stereocenters. The largest absolute Gasteiger partial charge is 0.344 e. The van der Waals surface area contributed by atoms with Gasteiger partial charge in [0.25, 0.3) is 0 Å². The molecule has 0 bridgehead atoms. The number of allylic oxidation sites excluding steroid dienone is 3. The van der Waals surface area contributed by atoms with Gasteiger partial charge in [0.2, 0.25) is 0 Å². The van der Waals surface area contributed by atoms with E-state index in [9.17, 15) is 4.79 Å². The first-order chi connectivity index (χ1) is 5.85. The number of aliphatic imine (C=N–C) groups is 1. The quantitative estimate of drug-likeness (QED) is 0.296. The molecule has 3 heteroatoms. The smallest absolute Gasteiger partial charge is 0.184 e. The summed E-state index contributed by atoms with van der Waals surface area (Å²) in [6.45, 7) is 2.06. The molecule has 0 fully saturated rings. The zero-order valence-electron chi connectivity index (χ0n) is 7.45. The number of nitrogens with one attached hydrogen (secondary N) is 1. The van der Waals surface area contributed by atoms with Crippen molar-refractivity contribution in [3.8, 4) is 0 Å². The van der Waals surface area contributed by atoms with Crippen molar-refractivity contribution in [2.75, 3.05) is 7.05 Å². The summed E-state index contributed by atoms with van der Waals surface area (Å²) in [5.41, 5.74) is 0. The zero-order valence-corrected chi connectivity index (χ0v) is 7.45. The minimum atomic E-state index is 0.330. The van der Waals surface area contributed by atoms with Crippen molar-refractivity contribution in [2.24, 2.45) is 4.99 Å². The Bertz CT molecular complexity index is 205. The lowest BCUT2D eigenvalue weighted by molar-refractivity contribution is -0.102. The molecule has 0 aliphatic rings. The molecule has 12 heavy (non-hydrogen) atoms. The highest BCUT2D eigenvalue weighted by atomic mass is 16.1. The third-order valence-corrected chi connectivity index (χ3v) is 1.16. The van der Waals surface area contributed by atoms with Crippen LogP contribution in [0.4, 0.5) is 0 Å². The first kappa shape index (κ1) is 10.6. The van der Waals surface area contributed by atoms with Crippen LogP contribution < -0.4 is 5.32 Å². The van der Waals surface area contributed by atoms with Crippen molar-refractivity contribution in [2.45, 2.75) is 13.3 Å². The van der Waals surface area contributed by atoms with Crippen LogP contribution in [0, 0.1) is 0 Å². The van der Waals surface area contributed by atoms with Crippen LogP contribution in [0.25, 0.3) is 0 Å². The number of amidine groups is 1. The summed E-state index contributed by atoms with van der Waals surface area (Å²) in [6, 6.07) is 0. The molecule has 0 saturated carbocycles. The molecule has 0 rings (SSSR count). The Labute approximate surface area is 72.9 Å². The Kier molecular flexibility index (Phi) is 6.84. The van der Waals surface area contributed by atoms with Crippen molar-refractivity contribution in [3.63, 3.8) is 0 Å². The van der Waals surface area contributed by atoms with Gasteiger partial charge in [-0.1, -0.05) is 19.1 Å². The van der Waals surface area contributed by atoms with E-state index >= 15 is 0 Å². The number of nitrogens with zero attached hydrogens (tertiary/aromatic N) is 1. The Morgan fingerprint density at radius 3 is 2.75 bits per heavy atom. The van der Waals surface area contributed by atoms with Crippen LogP contribution >= 0.6 is 0 Å². The minimum absolute atomic E-state index is 0.330. The van der Waals surface area contributed by atoms with E-state index in [1.54, 1.807) is 13.2 Å². The zero-order chi connectivity index (χ0) is 9.23. The fourth-order valence-electron chi connectivity index (χ4n) is 0.555. The highest BCUT2D eigenvalue weighted by Crippen LogP contribution is 1.79. The van der Waals surface area contributed by atoms with Crippen LogP contribution in [0.2, 0.25) is 0 Å². The Balaban J connectivity index is 3.73. The van der Waals surface area contributed by atoms with Crippen molar-refractivity contribution in [1.82, 2.24) is 5.32 Å². The van der Waals surface area contributed by atoms with Gasteiger partial charge in [-0.2, -0.15) is 0 Å². The summed E-state index contributed by atoms with van der Waals surface area (Å²) in [4.78, 5) is 13.9. The summed E-state index contributed by atoms with van der Waals surface area (Å²) in [5, 5.41) is 2.73. The van der Waals surface area contributed by atoms with Gasteiger partial charge in [0, 0.05) is 13.2 Å². The highest BCUT2D eigenvalue weighted by Gasteiger charge is 1.85. The van der Waals surface area contributed by atoms with Gasteiger partial charge in [-0.25, -0.2) is 0 Å². The van der Waals surface area contributed by atoms with Crippen LogP contribution in [0.3, 0.4) is 0 Å². The summed E-state index contributed by atoms with van der Waals surface area (Å²) < 4.78 is 0. The monoisotopic (exact) mass is 166 g/mol. The highest BCUT2D eigenvalue weighted by molar-refractivity contribution is 6.27. The second kappa shape index (κ2) is 7.72. The molecule has 0 heterocycles. The van der Waals surface area contributed by atoms with Gasteiger partial charge in [-0.05, 0) is 12.5 Å². The van der Waals surface area contributed by atoms with E-state index < -0.39 is 0 Å². The minimum Gasteiger partial charge on any atom is -0.344 e. The van der Waals surface area contributed by atoms with E-state index in [0.717, 1.165) is 6.42 Å². The van der Waals surface area contributed by atoms with Gasteiger partial charge in [-0.3, -0.25) is 9.79 Å². The molecule has 0 amide bonds. The fourth-order valence-corrected chi connectivity index (χ4v) is 0.555. The van der Waals surface area contributed by atoms with Crippen LogP contribution in [0.15, 0.2) is 29.4 Å². The maximum Gasteiger partial charge on any atom is 0.184 e. The molecule has 0 radical (unpaired) electrons. The molecule has 0 aliphatic heterocycles. The van der Waals surface area contributed by atoms with E-state index in [2.05, 4.69) is 17.2 Å². The SMILES string of the molecule is CC/C=C/C=C/NC(C=O)=NC. The summed E-state index contributed by atoms with van der Waals surface area (Å²) in [6.07, 6.45) is 9.09. The predicted molar refractivity (Wildman–Crippen MR) is 51.1 cm³/mol. The first-order valence-corrected chi connectivity index (χ1v) is 3.85. The third-order valence-electron chi connectivity index (χ3n) is 1.16. The van der Waals surface area contributed by atoms with Gasteiger partial charge in [0.15, 0.2) is 12.1 Å². The predicted octanol–water partition coefficient (Wildman–Crippen LogP) is 1.28. The van der Waals surface area contributed by atoms with Gasteiger partial charge in [0.05, 0.1) is 0 Å². The fraction of sp³-hybridized carbons (Fsp3) is 0.333. The topological polar surface area (TPSA) is 41.5 Å². The first-order valence-electron chi connectivity index (χ1n) is 3.85. The van der Waals surface area contributed by atoms with Crippen LogP contribution in [-0.2, 0) is 4.79 Å². The molecule has 0 saturated heterocycles. The van der Waals surface area contributed by atoms with E-state index in [4.69, 9.17) is 0 Å². The average molecular weight is 166 g/mol. The van der Waals surface area contributed by atoms with Crippen molar-refractivity contribution < 1.29 is 4.79 Å². The number of hydrogen-bond acceptors (Lipinski definition) is 2. The second-order valence-corrected chi connectivity index (χ2v) is 2.07. The number of aldehydes is 1. The number of hydrogen-bond donors (Lipinski definition) is 1. The van der Waals surface area contributed by atoms with Crippen molar-refractivity contribution in [3.05, 3.63) is 24.4 Å². The summed E-state index contributed by atoms with van der Waals surface area (Å²) >= 11 is 0. The molecule has 0 aromatic heterocycles. The number of carbonyl (C=O) groups is 1. The normalized spacial score (nSPS) is 12.7. The maximum absolute atomic E-state index is 10.2. The molecule has 3 nitrogen and oxygen atoms in total. The third kappa shape index (κ3) is 5.41. The molecule has 0 aromatic carbocycles. The molecular weight excluding hydrogens is 152 g/mol. The van der Waals surface area contributed by atoms with E-state index in [-0.39, 0.29) is 0 Å². The lowest BCUT2D eigenvalue weighted by atomic mass is 10.4. The van der Waals surface area contributed by atoms with Gasteiger partial charge < -0.3 is 5.32 Å². The van der Waals surface area contributed by atoms with Gasteiger partial charge in [-0.15, -0.1) is 0 Å². The van der Waals surface area contributed by atoms with E-state index in [0.29, 0.717) is 12.1 Å². The summed E-state index contributed by atoms with van der Waals surface area (Å²) in [5.74, 6) is 0.330. The Hall–Kier alpha value is -1.38. The lowest BCUT2D eigenvalue weighted by Gasteiger charge is -1.92. The lowest BCUT2D eigenvalue weighted by Crippen LogP contribution is -2.17. The molecule has 0 spiro atoms. The van der Waals surface area contributed by atoms with Crippen LogP contribution in [-0.4, -0.2) is 19.2 Å². The Morgan fingerprint density at radius 1 is 1.50 bits per heavy atom. The van der Waals surface area contributed by atoms with Crippen molar-refractivity contribution >= 4 is 12.1 Å². The average Bonchev–Trinajstić information content (AvgIpc) is 2.11. The number of rotatable bonds is 4. The van der Waals surface area contributed by atoms with Crippen LogP contribution in [0.1, 0.15) is 13.3 Å². The molecule has 0 atom stereocenters. The molecule has 66 valence electrons. The Morgan fingerprint density at radius 2 is 2.25 bits per heavy atom. The molecular formula is C9H14N2O. The number of carbonyl (C=O) groups excluding carboxylic acids is 1. The van der Waals surface area contributed by atoms with E-state index in [1.807, 2.05) is 18.2 Å². The van der Waals surface area contributed by atoms with Gasteiger partial charge >= 0.3 is 0 Å². The molecule has 0 aliphatic carbocycles. The van der Waals surface area contributed by atoms with Crippen LogP contribution in [0.5, 0.6) is 0 Å². The maximum atomic E-state index is 10.2. The standard InChI is InChI=1S/C9H14N2O/c1-3-4-5-6-7-11-9(8-12)10-2/h4-8H,3H2,1-2H3,(H,10,11)/b5-4+,7-6+. The summed E-state index contributed by atoms with van der Waals surface area (Å²) in [7, 11) is 1.56. The van der Waals surface area contributed by atoms with E-state index in [1.165, 1.54) is 0 Å². The van der Waals surface area contributed by atoms with Crippen molar-refractivity contribution in [1.29, 1.82) is 0 Å². The molecule has 1 N–H and O–H groups in total. The molecule has 0 aromatic rings. The second-order valence-electron chi connectivity index (χ2n) is 2.07.